The summed E-state index contributed by atoms with van der Waals surface area (Å²) in [6.07, 6.45) is 3.04. The Morgan fingerprint density at radius 2 is 1.85 bits per heavy atom. The average molecular weight is 459 g/mol. The van der Waals surface area contributed by atoms with Gasteiger partial charge in [0.15, 0.2) is 0 Å². The molecule has 0 spiro atoms. The van der Waals surface area contributed by atoms with Crippen molar-refractivity contribution in [3.8, 4) is 5.75 Å². The molecule has 0 radical (unpaired) electrons. The molecule has 34 heavy (non-hydrogen) atoms. The Bertz CT molecular complexity index is 1270. The Kier molecular flexibility index (Phi) is 5.65. The van der Waals surface area contributed by atoms with E-state index in [1.807, 2.05) is 37.3 Å². The maximum absolute atomic E-state index is 13.0. The third-order valence-corrected chi connectivity index (χ3v) is 6.63. The number of benzene rings is 2. The lowest BCUT2D eigenvalue weighted by Gasteiger charge is -2.34. The highest BCUT2D eigenvalue weighted by Gasteiger charge is 2.50. The van der Waals surface area contributed by atoms with Crippen LogP contribution in [-0.4, -0.2) is 34.4 Å². The summed E-state index contributed by atoms with van der Waals surface area (Å²) in [5, 5.41) is 9.03. The molecule has 5 rings (SSSR count). The van der Waals surface area contributed by atoms with Crippen molar-refractivity contribution in [1.82, 2.24) is 20.9 Å². The van der Waals surface area contributed by atoms with E-state index in [1.54, 1.807) is 24.3 Å². The summed E-state index contributed by atoms with van der Waals surface area (Å²) in [7, 11) is 0. The van der Waals surface area contributed by atoms with Crippen LogP contribution in [0.1, 0.15) is 47.3 Å². The summed E-state index contributed by atoms with van der Waals surface area (Å²) < 4.78 is 5.99. The third kappa shape index (κ3) is 4.19. The van der Waals surface area contributed by atoms with Gasteiger partial charge in [0.2, 0.25) is 0 Å². The first-order valence-corrected chi connectivity index (χ1v) is 11.5. The van der Waals surface area contributed by atoms with Crippen LogP contribution in [0.5, 0.6) is 5.75 Å². The van der Waals surface area contributed by atoms with Gasteiger partial charge in [0, 0.05) is 22.2 Å². The van der Waals surface area contributed by atoms with Gasteiger partial charge in [-0.1, -0.05) is 31.0 Å². The molecular formula is C26H26N4O4. The molecule has 2 aromatic carbocycles. The molecule has 2 heterocycles. The lowest BCUT2D eigenvalue weighted by Crippen LogP contribution is -2.60. The highest BCUT2D eigenvalue weighted by molar-refractivity contribution is 6.05. The van der Waals surface area contributed by atoms with Crippen molar-refractivity contribution in [2.24, 2.45) is 0 Å². The largest absolute Gasteiger partial charge is 0.489 e. The standard InChI is InChI=1S/C26H26N4O4/c1-16-14-18(20-6-2-3-7-21(20)27-16)15-34-19-10-8-17(9-11-19)23(31)30-26(12-4-5-13-26)22-24(32)29-25(33)28-22/h2-3,6-11,14,22H,4-5,12-13,15H2,1H3,(H,30,31)(H2,28,29,32,33). The summed E-state index contributed by atoms with van der Waals surface area (Å²) in [5.74, 6) is -0.0268. The molecule has 3 N–H and O–H groups in total. The van der Waals surface area contributed by atoms with Crippen LogP contribution < -0.4 is 20.7 Å². The number of nitrogens with one attached hydrogen (secondary N) is 3. The minimum Gasteiger partial charge on any atom is -0.489 e. The van der Waals surface area contributed by atoms with Crippen molar-refractivity contribution in [2.45, 2.75) is 50.8 Å². The highest BCUT2D eigenvalue weighted by Crippen LogP contribution is 2.34. The smallest absolute Gasteiger partial charge is 0.322 e. The second-order valence-electron chi connectivity index (χ2n) is 8.97. The summed E-state index contributed by atoms with van der Waals surface area (Å²) in [6.45, 7) is 2.34. The number of aryl methyl sites for hydroxylation is 1. The molecule has 1 saturated carbocycles. The molecule has 1 aliphatic heterocycles. The Balaban J connectivity index is 1.27. The molecule has 2 aliphatic rings. The van der Waals surface area contributed by atoms with Crippen molar-refractivity contribution >= 4 is 28.7 Å². The lowest BCUT2D eigenvalue weighted by atomic mass is 9.87. The number of amides is 4. The van der Waals surface area contributed by atoms with Gasteiger partial charge in [0.25, 0.3) is 11.8 Å². The molecule has 3 aromatic rings. The minimum atomic E-state index is -0.775. The number of urea groups is 1. The number of para-hydroxylation sites is 1. The highest BCUT2D eigenvalue weighted by atomic mass is 16.5. The summed E-state index contributed by atoms with van der Waals surface area (Å²) in [5.41, 5.74) is 2.60. The maximum atomic E-state index is 13.0. The van der Waals surface area contributed by atoms with Crippen molar-refractivity contribution in [1.29, 1.82) is 0 Å². The number of hydrogen-bond acceptors (Lipinski definition) is 5. The van der Waals surface area contributed by atoms with Gasteiger partial charge in [-0.2, -0.15) is 0 Å². The van der Waals surface area contributed by atoms with Gasteiger partial charge in [-0.25, -0.2) is 4.79 Å². The average Bonchev–Trinajstić information content (AvgIpc) is 3.44. The number of hydrogen-bond donors (Lipinski definition) is 3. The van der Waals surface area contributed by atoms with E-state index < -0.39 is 23.5 Å². The second kappa shape index (κ2) is 8.78. The molecular weight excluding hydrogens is 432 g/mol. The van der Waals surface area contributed by atoms with Crippen LogP contribution in [0.3, 0.4) is 0 Å². The normalized spacial score (nSPS) is 19.0. The first-order valence-electron chi connectivity index (χ1n) is 11.5. The number of fused-ring (bicyclic) bond motifs is 1. The van der Waals surface area contributed by atoms with Crippen molar-refractivity contribution < 1.29 is 19.1 Å². The number of aromatic nitrogens is 1. The van der Waals surface area contributed by atoms with Crippen molar-refractivity contribution in [2.75, 3.05) is 0 Å². The molecule has 4 amide bonds. The summed E-state index contributed by atoms with van der Waals surface area (Å²) in [6, 6.07) is 15.6. The first-order chi connectivity index (χ1) is 16.4. The van der Waals surface area contributed by atoms with E-state index >= 15 is 0 Å². The zero-order chi connectivity index (χ0) is 23.7. The number of imide groups is 1. The predicted molar refractivity (Wildman–Crippen MR) is 126 cm³/mol. The van der Waals surface area contributed by atoms with E-state index in [4.69, 9.17) is 4.74 Å². The number of nitrogens with zero attached hydrogens (tertiary/aromatic N) is 1. The number of carbonyl (C=O) groups excluding carboxylic acids is 3. The maximum Gasteiger partial charge on any atom is 0.322 e. The molecule has 1 aromatic heterocycles. The summed E-state index contributed by atoms with van der Waals surface area (Å²) in [4.78, 5) is 41.5. The van der Waals surface area contributed by atoms with Crippen LogP contribution in [0.4, 0.5) is 4.79 Å². The first kappa shape index (κ1) is 21.9. The van der Waals surface area contributed by atoms with Gasteiger partial charge in [-0.05, 0) is 56.2 Å². The van der Waals surface area contributed by atoms with E-state index in [0.717, 1.165) is 35.0 Å². The van der Waals surface area contributed by atoms with E-state index in [1.165, 1.54) is 0 Å². The molecule has 174 valence electrons. The van der Waals surface area contributed by atoms with Crippen LogP contribution in [0.2, 0.25) is 0 Å². The Labute approximate surface area is 197 Å². The topological polar surface area (TPSA) is 109 Å². The predicted octanol–water partition coefficient (Wildman–Crippen LogP) is 3.37. The Morgan fingerprint density at radius 3 is 2.56 bits per heavy atom. The summed E-state index contributed by atoms with van der Waals surface area (Å²) >= 11 is 0. The Morgan fingerprint density at radius 1 is 1.12 bits per heavy atom. The van der Waals surface area contributed by atoms with Gasteiger partial charge < -0.3 is 15.4 Å². The molecule has 2 fully saturated rings. The zero-order valence-corrected chi connectivity index (χ0v) is 18.9. The number of rotatable bonds is 6. The van der Waals surface area contributed by atoms with Crippen molar-refractivity contribution in [3.05, 3.63) is 71.4 Å². The van der Waals surface area contributed by atoms with Gasteiger partial charge in [-0.15, -0.1) is 0 Å². The second-order valence-corrected chi connectivity index (χ2v) is 8.97. The van der Waals surface area contributed by atoms with Gasteiger partial charge in [0.1, 0.15) is 18.4 Å². The van der Waals surface area contributed by atoms with E-state index in [2.05, 4.69) is 20.9 Å². The molecule has 8 heteroatoms. The molecule has 8 nitrogen and oxygen atoms in total. The SMILES string of the molecule is Cc1cc(COc2ccc(C(=O)NC3(C4NC(=O)NC4=O)CCCC3)cc2)c2ccccc2n1. The van der Waals surface area contributed by atoms with E-state index in [9.17, 15) is 14.4 Å². The van der Waals surface area contributed by atoms with Gasteiger partial charge in [-0.3, -0.25) is 19.9 Å². The minimum absolute atomic E-state index is 0.279. The van der Waals surface area contributed by atoms with E-state index in [0.29, 0.717) is 30.8 Å². The van der Waals surface area contributed by atoms with Gasteiger partial charge >= 0.3 is 6.03 Å². The fourth-order valence-electron chi connectivity index (χ4n) is 4.97. The van der Waals surface area contributed by atoms with Crippen LogP contribution >= 0.6 is 0 Å². The molecule has 1 atom stereocenters. The molecule has 1 saturated heterocycles. The third-order valence-electron chi connectivity index (χ3n) is 6.63. The fraction of sp³-hybridized carbons (Fsp3) is 0.308. The van der Waals surface area contributed by atoms with Crippen LogP contribution in [0.25, 0.3) is 10.9 Å². The number of pyridine rings is 1. The molecule has 1 aliphatic carbocycles. The fourth-order valence-corrected chi connectivity index (χ4v) is 4.97. The Hall–Kier alpha value is -3.94. The van der Waals surface area contributed by atoms with Gasteiger partial charge in [0.05, 0.1) is 11.1 Å². The lowest BCUT2D eigenvalue weighted by molar-refractivity contribution is -0.121. The zero-order valence-electron chi connectivity index (χ0n) is 18.9. The van der Waals surface area contributed by atoms with Crippen LogP contribution in [0, 0.1) is 6.92 Å². The molecule has 0 bridgehead atoms. The molecule has 1 unspecified atom stereocenters. The van der Waals surface area contributed by atoms with Crippen LogP contribution in [-0.2, 0) is 11.4 Å². The number of ether oxygens (including phenoxy) is 1. The monoisotopic (exact) mass is 458 g/mol. The van der Waals surface area contributed by atoms with Crippen LogP contribution in [0.15, 0.2) is 54.6 Å². The number of carbonyl (C=O) groups is 3. The van der Waals surface area contributed by atoms with Crippen molar-refractivity contribution in [3.63, 3.8) is 0 Å². The van der Waals surface area contributed by atoms with E-state index in [-0.39, 0.29) is 5.91 Å². The quantitative estimate of drug-likeness (QED) is 0.491.